The van der Waals surface area contributed by atoms with Crippen LogP contribution in [-0.4, -0.2) is 70.2 Å². The highest BCUT2D eigenvalue weighted by Crippen LogP contribution is 2.48. The lowest BCUT2D eigenvalue weighted by Crippen LogP contribution is -2.46. The van der Waals surface area contributed by atoms with Crippen LogP contribution in [0.5, 0.6) is 0 Å². The van der Waals surface area contributed by atoms with Gasteiger partial charge in [0.1, 0.15) is 5.82 Å². The van der Waals surface area contributed by atoms with Gasteiger partial charge in [-0.05, 0) is 86.4 Å². The van der Waals surface area contributed by atoms with Crippen molar-refractivity contribution >= 4 is 44.8 Å². The minimum atomic E-state index is -4.93. The molecule has 242 valence electrons. The van der Waals surface area contributed by atoms with E-state index in [2.05, 4.69) is 4.90 Å². The van der Waals surface area contributed by atoms with E-state index >= 15 is 0 Å². The minimum absolute atomic E-state index is 0.171. The fourth-order valence-electron chi connectivity index (χ4n) is 6.49. The summed E-state index contributed by atoms with van der Waals surface area (Å²) in [6.07, 6.45) is -1.55. The van der Waals surface area contributed by atoms with Gasteiger partial charge < -0.3 is 9.80 Å². The van der Waals surface area contributed by atoms with Crippen molar-refractivity contribution < 1.29 is 30.8 Å². The molecule has 0 radical (unpaired) electrons. The molecule has 0 aliphatic carbocycles. The number of rotatable bonds is 8. The number of fused-ring (bicyclic) bond motifs is 2. The number of alkyl halides is 3. The number of hydrogen-bond acceptors (Lipinski definition) is 4. The summed E-state index contributed by atoms with van der Waals surface area (Å²) in [4.78, 5) is 16.8. The van der Waals surface area contributed by atoms with Crippen LogP contribution in [0.2, 0.25) is 10.0 Å². The predicted octanol–water partition coefficient (Wildman–Crippen LogP) is 7.21. The van der Waals surface area contributed by atoms with E-state index in [9.17, 15) is 30.8 Å². The van der Waals surface area contributed by atoms with Crippen molar-refractivity contribution in [3.63, 3.8) is 0 Å². The number of piperidine rings is 1. The molecular weight excluding hydrogens is 653 g/mol. The van der Waals surface area contributed by atoms with E-state index in [0.29, 0.717) is 41.7 Å². The second-order valence-electron chi connectivity index (χ2n) is 11.9. The van der Waals surface area contributed by atoms with Gasteiger partial charge in [0.05, 0.1) is 27.6 Å². The Bertz CT molecular complexity index is 1700. The number of likely N-dealkylation sites (N-methyl/N-ethyl adjacent to an activating group) is 1. The second-order valence-corrected chi connectivity index (χ2v) is 14.7. The smallest absolute Gasteiger partial charge is 0.341 e. The van der Waals surface area contributed by atoms with Crippen LogP contribution < -0.4 is 4.31 Å². The topological polar surface area (TPSA) is 60.9 Å². The van der Waals surface area contributed by atoms with Gasteiger partial charge in [-0.3, -0.25) is 9.10 Å². The van der Waals surface area contributed by atoms with Crippen molar-refractivity contribution in [1.82, 2.24) is 9.80 Å². The highest BCUT2D eigenvalue weighted by Gasteiger charge is 2.47. The molecule has 1 fully saturated rings. The van der Waals surface area contributed by atoms with E-state index < -0.39 is 33.5 Å². The molecular formula is C32H33Cl2F4N3O3S. The quantitative estimate of drug-likeness (QED) is 0.235. The number of amides is 1. The van der Waals surface area contributed by atoms with Gasteiger partial charge in [-0.2, -0.15) is 13.2 Å². The average molecular weight is 687 g/mol. The highest BCUT2D eigenvalue weighted by molar-refractivity contribution is 7.92. The first-order valence-electron chi connectivity index (χ1n) is 14.5. The average Bonchev–Trinajstić information content (AvgIpc) is 3.31. The predicted molar refractivity (Wildman–Crippen MR) is 168 cm³/mol. The monoisotopic (exact) mass is 685 g/mol. The zero-order valence-corrected chi connectivity index (χ0v) is 27.1. The second kappa shape index (κ2) is 12.7. The summed E-state index contributed by atoms with van der Waals surface area (Å²) in [6, 6.07) is 15.1. The molecule has 6 nitrogen and oxygen atoms in total. The van der Waals surface area contributed by atoms with Crippen LogP contribution in [0.1, 0.15) is 52.2 Å². The Balaban J connectivity index is 1.30. The molecule has 13 heteroatoms. The third kappa shape index (κ3) is 7.11. The maximum Gasteiger partial charge on any atom is 0.419 e. The van der Waals surface area contributed by atoms with Crippen molar-refractivity contribution in [1.29, 1.82) is 0 Å². The van der Waals surface area contributed by atoms with Crippen LogP contribution in [0, 0.1) is 5.82 Å². The number of sulfonamides is 1. The standard InChI is InChI=1S/C32H33Cl2F4N3O3S/c1-39(30(42)22-8-10-28(35)25(17-22)32(36,37)38)19-23(21-7-9-26(33)27(34)18-21)11-14-40-15-12-31(13-16-40)20-41(45(2,43)44)29-6-4-3-5-24(29)31/h3-10,17-18,23H,11-16,19-20H2,1-2H3/t23-/m1/s1. The van der Waals surface area contributed by atoms with Crippen molar-refractivity contribution in [2.45, 2.75) is 36.8 Å². The highest BCUT2D eigenvalue weighted by atomic mass is 35.5. The summed E-state index contributed by atoms with van der Waals surface area (Å²) >= 11 is 12.5. The molecule has 0 N–H and O–H groups in total. The first-order valence-corrected chi connectivity index (χ1v) is 17.1. The molecule has 5 rings (SSSR count). The summed E-state index contributed by atoms with van der Waals surface area (Å²) in [5, 5.41) is 0.715. The van der Waals surface area contributed by atoms with Crippen molar-refractivity contribution in [2.24, 2.45) is 0 Å². The zero-order chi connectivity index (χ0) is 32.7. The van der Waals surface area contributed by atoms with Gasteiger partial charge in [0, 0.05) is 37.0 Å². The Morgan fingerprint density at radius 3 is 2.36 bits per heavy atom. The first-order chi connectivity index (χ1) is 21.1. The maximum absolute atomic E-state index is 13.8. The largest absolute Gasteiger partial charge is 0.419 e. The number of halogens is 6. The molecule has 2 heterocycles. The Kier molecular flexibility index (Phi) is 9.48. The molecule has 1 amide bonds. The number of nitrogens with zero attached hydrogens (tertiary/aromatic N) is 3. The third-order valence-electron chi connectivity index (χ3n) is 8.97. The molecule has 1 atom stereocenters. The normalized spacial score (nSPS) is 17.4. The first kappa shape index (κ1) is 33.5. The van der Waals surface area contributed by atoms with Gasteiger partial charge in [0.25, 0.3) is 5.91 Å². The maximum atomic E-state index is 13.8. The molecule has 45 heavy (non-hydrogen) atoms. The molecule has 2 aliphatic heterocycles. The van der Waals surface area contributed by atoms with Crippen molar-refractivity contribution in [2.75, 3.05) is 50.3 Å². The van der Waals surface area contributed by atoms with Crippen LogP contribution >= 0.6 is 23.2 Å². The fourth-order valence-corrected chi connectivity index (χ4v) is 7.80. The minimum Gasteiger partial charge on any atom is -0.341 e. The van der Waals surface area contributed by atoms with Crippen molar-refractivity contribution in [3.05, 3.63) is 98.8 Å². The number of carbonyl (C=O) groups excluding carboxylic acids is 1. The van der Waals surface area contributed by atoms with E-state index in [0.717, 1.165) is 48.8 Å². The molecule has 0 unspecified atom stereocenters. The molecule has 2 aliphatic rings. The third-order valence-corrected chi connectivity index (χ3v) is 10.8. The van der Waals surface area contributed by atoms with Gasteiger partial charge in [-0.25, -0.2) is 12.8 Å². The Morgan fingerprint density at radius 2 is 1.71 bits per heavy atom. The van der Waals surface area contributed by atoms with Gasteiger partial charge in [0.2, 0.25) is 10.0 Å². The SMILES string of the molecule is CN(C[C@@H](CCN1CCC2(CC1)CN(S(C)(=O)=O)c1ccccc12)c1ccc(Cl)c(Cl)c1)C(=O)c1ccc(F)c(C(F)(F)F)c1. The van der Waals surface area contributed by atoms with Gasteiger partial charge >= 0.3 is 6.18 Å². The molecule has 3 aromatic rings. The van der Waals surface area contributed by atoms with Crippen LogP contribution in [0.4, 0.5) is 23.2 Å². The van der Waals surface area contributed by atoms with Crippen LogP contribution in [0.15, 0.2) is 60.7 Å². The number of carbonyl (C=O) groups is 1. The number of anilines is 1. The fraction of sp³-hybridized carbons (Fsp3) is 0.406. The van der Waals surface area contributed by atoms with Crippen LogP contribution in [0.3, 0.4) is 0 Å². The molecule has 0 saturated carbocycles. The van der Waals surface area contributed by atoms with Crippen LogP contribution in [0.25, 0.3) is 0 Å². The van der Waals surface area contributed by atoms with E-state index in [1.807, 2.05) is 30.3 Å². The van der Waals surface area contributed by atoms with Crippen molar-refractivity contribution in [3.8, 4) is 0 Å². The summed E-state index contributed by atoms with van der Waals surface area (Å²) in [5.41, 5.74) is 0.593. The molecule has 0 bridgehead atoms. The number of likely N-dealkylation sites (tertiary alicyclic amines) is 1. The number of hydrogen-bond donors (Lipinski definition) is 0. The summed E-state index contributed by atoms with van der Waals surface area (Å²) in [5.74, 6) is -2.34. The summed E-state index contributed by atoms with van der Waals surface area (Å²) in [6.45, 7) is 2.73. The van der Waals surface area contributed by atoms with E-state index in [1.165, 1.54) is 22.5 Å². The lowest BCUT2D eigenvalue weighted by molar-refractivity contribution is -0.140. The number of para-hydroxylation sites is 1. The van der Waals surface area contributed by atoms with E-state index in [4.69, 9.17) is 23.2 Å². The van der Waals surface area contributed by atoms with E-state index in [1.54, 1.807) is 12.1 Å². The molecule has 1 spiro atoms. The number of benzene rings is 3. The zero-order valence-electron chi connectivity index (χ0n) is 24.8. The lowest BCUT2D eigenvalue weighted by Gasteiger charge is -2.40. The van der Waals surface area contributed by atoms with E-state index in [-0.39, 0.29) is 23.4 Å². The summed E-state index contributed by atoms with van der Waals surface area (Å²) in [7, 11) is -1.92. The van der Waals surface area contributed by atoms with Gasteiger partial charge in [-0.1, -0.05) is 47.5 Å². The molecule has 1 saturated heterocycles. The van der Waals surface area contributed by atoms with Gasteiger partial charge in [-0.15, -0.1) is 0 Å². The Labute approximate surface area is 270 Å². The molecule has 0 aromatic heterocycles. The summed E-state index contributed by atoms with van der Waals surface area (Å²) < 4.78 is 80.3. The molecule has 3 aromatic carbocycles. The Morgan fingerprint density at radius 1 is 1.02 bits per heavy atom. The Hall–Kier alpha value is -2.86. The van der Waals surface area contributed by atoms with Gasteiger partial charge in [0.15, 0.2) is 0 Å². The van der Waals surface area contributed by atoms with Crippen LogP contribution in [-0.2, 0) is 21.6 Å². The lowest BCUT2D eigenvalue weighted by atomic mass is 9.74.